The fourth-order valence-electron chi connectivity index (χ4n) is 4.25. The van der Waals surface area contributed by atoms with E-state index in [0.717, 1.165) is 23.3 Å². The molecule has 0 radical (unpaired) electrons. The molecule has 4 rings (SSSR count). The number of likely N-dealkylation sites (tertiary alicyclic amines) is 1. The molecule has 36 heavy (non-hydrogen) atoms. The van der Waals surface area contributed by atoms with Gasteiger partial charge in [-0.2, -0.15) is 0 Å². The van der Waals surface area contributed by atoms with Gasteiger partial charge in [-0.25, -0.2) is 13.6 Å². The zero-order chi connectivity index (χ0) is 25.7. The van der Waals surface area contributed by atoms with Crippen LogP contribution in [0.15, 0.2) is 60.7 Å². The Morgan fingerprint density at radius 3 is 2.47 bits per heavy atom. The second kappa shape index (κ2) is 11.2. The number of nitrogens with zero attached hydrogens (tertiary/aromatic N) is 1. The van der Waals surface area contributed by atoms with E-state index in [1.165, 1.54) is 7.11 Å². The molecule has 1 heterocycles. The van der Waals surface area contributed by atoms with Gasteiger partial charge in [0, 0.05) is 24.6 Å². The third-order valence-corrected chi connectivity index (χ3v) is 6.04. The molecule has 3 aromatic carbocycles. The summed E-state index contributed by atoms with van der Waals surface area (Å²) >= 11 is 0. The predicted octanol–water partition coefficient (Wildman–Crippen LogP) is 5.27. The normalized spacial score (nSPS) is 15.2. The molecule has 0 saturated carbocycles. The van der Waals surface area contributed by atoms with E-state index in [1.807, 2.05) is 24.3 Å². The first kappa shape index (κ1) is 25.2. The standard InChI is InChI=1S/C28H27F2NO5/c1-3-35-28(33)25-11-12-27(32)31(25)16-18-5-4-6-19(13-18)17-36-21-9-7-20(8-10-21)22-14-23(29)24(30)15-26(22)34-2/h4-10,13-15,25H,3,11-12,16-17H2,1-2H3/t25-/m0/s1. The van der Waals surface area contributed by atoms with Gasteiger partial charge in [0.25, 0.3) is 0 Å². The number of esters is 1. The fourth-order valence-corrected chi connectivity index (χ4v) is 4.25. The average molecular weight is 496 g/mol. The molecule has 0 spiro atoms. The van der Waals surface area contributed by atoms with Crippen molar-refractivity contribution >= 4 is 11.9 Å². The van der Waals surface area contributed by atoms with Crippen molar-refractivity contribution in [1.82, 2.24) is 4.90 Å². The third-order valence-electron chi connectivity index (χ3n) is 6.04. The van der Waals surface area contributed by atoms with Gasteiger partial charge in [-0.15, -0.1) is 0 Å². The topological polar surface area (TPSA) is 65.1 Å². The van der Waals surface area contributed by atoms with E-state index in [1.54, 1.807) is 36.1 Å². The monoisotopic (exact) mass is 495 g/mol. The Labute approximate surface area is 208 Å². The molecule has 1 aliphatic rings. The van der Waals surface area contributed by atoms with Crippen LogP contribution in [0.25, 0.3) is 11.1 Å². The van der Waals surface area contributed by atoms with E-state index in [0.29, 0.717) is 36.3 Å². The number of carbonyl (C=O) groups is 2. The minimum absolute atomic E-state index is 0.0625. The van der Waals surface area contributed by atoms with Gasteiger partial charge >= 0.3 is 5.97 Å². The number of rotatable bonds is 9. The number of hydrogen-bond donors (Lipinski definition) is 0. The Balaban J connectivity index is 1.41. The number of amides is 1. The fraction of sp³-hybridized carbons (Fsp3) is 0.286. The Morgan fingerprint density at radius 1 is 1.03 bits per heavy atom. The van der Waals surface area contributed by atoms with Gasteiger partial charge < -0.3 is 19.1 Å². The third kappa shape index (κ3) is 5.64. The molecule has 8 heteroatoms. The van der Waals surface area contributed by atoms with Gasteiger partial charge in [0.2, 0.25) is 5.91 Å². The predicted molar refractivity (Wildman–Crippen MR) is 129 cm³/mol. The maximum atomic E-state index is 13.7. The maximum absolute atomic E-state index is 13.7. The Morgan fingerprint density at radius 2 is 1.75 bits per heavy atom. The summed E-state index contributed by atoms with van der Waals surface area (Å²) < 4.78 is 43.5. The lowest BCUT2D eigenvalue weighted by molar-refractivity contribution is -0.151. The summed E-state index contributed by atoms with van der Waals surface area (Å²) in [7, 11) is 1.40. The number of hydrogen-bond acceptors (Lipinski definition) is 5. The first-order valence-corrected chi connectivity index (χ1v) is 11.7. The van der Waals surface area contributed by atoms with Crippen molar-refractivity contribution in [2.45, 2.75) is 39.0 Å². The van der Waals surface area contributed by atoms with Crippen LogP contribution in [-0.4, -0.2) is 36.5 Å². The highest BCUT2D eigenvalue weighted by Crippen LogP contribution is 2.33. The van der Waals surface area contributed by atoms with E-state index in [4.69, 9.17) is 14.2 Å². The Kier molecular flexibility index (Phi) is 7.83. The van der Waals surface area contributed by atoms with Crippen molar-refractivity contribution in [3.8, 4) is 22.6 Å². The van der Waals surface area contributed by atoms with Gasteiger partial charge in [-0.05, 0) is 48.2 Å². The molecule has 0 aromatic heterocycles. The van der Waals surface area contributed by atoms with E-state index < -0.39 is 17.7 Å². The molecule has 1 fully saturated rings. The molecule has 1 amide bonds. The lowest BCUT2D eigenvalue weighted by atomic mass is 10.0. The van der Waals surface area contributed by atoms with Crippen molar-refractivity contribution < 1.29 is 32.6 Å². The summed E-state index contributed by atoms with van der Waals surface area (Å²) in [6.45, 7) is 2.63. The molecule has 188 valence electrons. The number of benzene rings is 3. The summed E-state index contributed by atoms with van der Waals surface area (Å²) in [5, 5.41) is 0. The van der Waals surface area contributed by atoms with Crippen LogP contribution in [0.4, 0.5) is 8.78 Å². The second-order valence-corrected chi connectivity index (χ2v) is 8.43. The molecule has 1 aliphatic heterocycles. The Hall–Kier alpha value is -3.94. The van der Waals surface area contributed by atoms with Crippen molar-refractivity contribution in [1.29, 1.82) is 0 Å². The van der Waals surface area contributed by atoms with Crippen LogP contribution in [-0.2, 0) is 27.5 Å². The summed E-state index contributed by atoms with van der Waals surface area (Å²) in [4.78, 5) is 26.1. The molecular weight excluding hydrogens is 468 g/mol. The summed E-state index contributed by atoms with van der Waals surface area (Å²) in [5.74, 6) is -1.51. The van der Waals surface area contributed by atoms with E-state index in [2.05, 4.69) is 0 Å². The largest absolute Gasteiger partial charge is 0.496 e. The maximum Gasteiger partial charge on any atom is 0.328 e. The van der Waals surface area contributed by atoms with Crippen LogP contribution in [0.5, 0.6) is 11.5 Å². The molecule has 6 nitrogen and oxygen atoms in total. The van der Waals surface area contributed by atoms with Gasteiger partial charge in [0.15, 0.2) is 11.6 Å². The molecule has 0 unspecified atom stereocenters. The van der Waals surface area contributed by atoms with Gasteiger partial charge in [0.05, 0.1) is 13.7 Å². The van der Waals surface area contributed by atoms with Crippen LogP contribution in [0.3, 0.4) is 0 Å². The van der Waals surface area contributed by atoms with E-state index in [-0.39, 0.29) is 30.8 Å². The van der Waals surface area contributed by atoms with Gasteiger partial charge in [-0.1, -0.05) is 36.4 Å². The van der Waals surface area contributed by atoms with E-state index >= 15 is 0 Å². The lowest BCUT2D eigenvalue weighted by Gasteiger charge is -2.23. The molecule has 0 bridgehead atoms. The second-order valence-electron chi connectivity index (χ2n) is 8.43. The summed E-state index contributed by atoms with van der Waals surface area (Å²) in [6, 6.07) is 16.2. The molecular formula is C28H27F2NO5. The molecule has 1 atom stereocenters. The van der Waals surface area contributed by atoms with Crippen LogP contribution >= 0.6 is 0 Å². The highest BCUT2D eigenvalue weighted by molar-refractivity contribution is 5.88. The first-order valence-electron chi connectivity index (χ1n) is 11.7. The van der Waals surface area contributed by atoms with Crippen LogP contribution in [0.1, 0.15) is 30.9 Å². The summed E-state index contributed by atoms with van der Waals surface area (Å²) in [5.41, 5.74) is 2.89. The van der Waals surface area contributed by atoms with Gasteiger partial charge in [-0.3, -0.25) is 4.79 Å². The average Bonchev–Trinajstić information content (AvgIpc) is 3.24. The zero-order valence-corrected chi connectivity index (χ0v) is 20.1. The van der Waals surface area contributed by atoms with E-state index in [9.17, 15) is 18.4 Å². The van der Waals surface area contributed by atoms with Gasteiger partial charge in [0.1, 0.15) is 24.1 Å². The quantitative estimate of drug-likeness (QED) is 0.378. The molecule has 1 saturated heterocycles. The van der Waals surface area contributed by atoms with Crippen molar-refractivity contribution in [2.24, 2.45) is 0 Å². The lowest BCUT2D eigenvalue weighted by Crippen LogP contribution is -2.39. The number of halogens is 2. The summed E-state index contributed by atoms with van der Waals surface area (Å²) in [6.07, 6.45) is 0.797. The minimum Gasteiger partial charge on any atom is -0.496 e. The number of carbonyl (C=O) groups excluding carboxylic acids is 2. The van der Waals surface area contributed by atoms with Crippen LogP contribution in [0, 0.1) is 11.6 Å². The highest BCUT2D eigenvalue weighted by atomic mass is 19.2. The van der Waals surface area contributed by atoms with Crippen LogP contribution < -0.4 is 9.47 Å². The molecule has 0 aliphatic carbocycles. The number of methoxy groups -OCH3 is 1. The molecule has 0 N–H and O–H groups in total. The minimum atomic E-state index is -0.969. The van der Waals surface area contributed by atoms with Crippen molar-refractivity contribution in [2.75, 3.05) is 13.7 Å². The molecule has 3 aromatic rings. The highest BCUT2D eigenvalue weighted by Gasteiger charge is 2.36. The first-order chi connectivity index (χ1) is 17.4. The number of ether oxygens (including phenoxy) is 3. The Bertz CT molecular complexity index is 1250. The van der Waals surface area contributed by atoms with Crippen molar-refractivity contribution in [3.05, 3.63) is 83.4 Å². The smallest absolute Gasteiger partial charge is 0.328 e. The SMILES string of the molecule is CCOC(=O)[C@@H]1CCC(=O)N1Cc1cccc(COc2ccc(-c3cc(F)c(F)cc3OC)cc2)c1. The zero-order valence-electron chi connectivity index (χ0n) is 20.1. The van der Waals surface area contributed by atoms with Crippen molar-refractivity contribution in [3.63, 3.8) is 0 Å². The van der Waals surface area contributed by atoms with Crippen LogP contribution in [0.2, 0.25) is 0 Å².